The number of carbonyl (C=O) groups is 2. The average molecular weight is 384 g/mol. The number of halogens is 2. The largest absolute Gasteiger partial charge is 0.494 e. The van der Waals surface area contributed by atoms with Crippen molar-refractivity contribution in [3.05, 3.63) is 28.2 Å². The first-order chi connectivity index (χ1) is 10.3. The lowest BCUT2D eigenvalue weighted by atomic mass is 10.1. The van der Waals surface area contributed by atoms with Gasteiger partial charge in [0.05, 0.1) is 10.0 Å². The molecule has 0 heterocycles. The van der Waals surface area contributed by atoms with Crippen LogP contribution in [0, 0.1) is 0 Å². The summed E-state index contributed by atoms with van der Waals surface area (Å²) in [7, 11) is -4.91. The lowest BCUT2D eigenvalue weighted by Gasteiger charge is -2.41. The van der Waals surface area contributed by atoms with Crippen molar-refractivity contribution in [1.29, 1.82) is 0 Å². The fourth-order valence-corrected chi connectivity index (χ4v) is 4.98. The van der Waals surface area contributed by atoms with Crippen LogP contribution in [0.15, 0.2) is 23.1 Å². The zero-order valence-corrected chi connectivity index (χ0v) is 15.1. The van der Waals surface area contributed by atoms with Crippen LogP contribution in [0.25, 0.3) is 0 Å². The highest BCUT2D eigenvalue weighted by molar-refractivity contribution is 7.86. The maximum atomic E-state index is 13.0. The van der Waals surface area contributed by atoms with Crippen molar-refractivity contribution in [2.45, 2.75) is 38.1 Å². The number of nitrogens with zero attached hydrogens (tertiary/aromatic N) is 1. The highest BCUT2D eigenvalue weighted by atomic mass is 35.5. The molecular weight excluding hydrogens is 369 g/mol. The Bertz CT molecular complexity index is 736. The smallest absolute Gasteiger partial charge is 0.375 e. The van der Waals surface area contributed by atoms with Gasteiger partial charge in [0.2, 0.25) is 0 Å². The summed E-state index contributed by atoms with van der Waals surface area (Å²) in [6.07, 6.45) is -2.15. The Morgan fingerprint density at radius 2 is 1.61 bits per heavy atom. The van der Waals surface area contributed by atoms with Crippen LogP contribution in [-0.2, 0) is 19.7 Å². The number of hydroxylamine groups is 2. The quantitative estimate of drug-likeness (QED) is 0.572. The van der Waals surface area contributed by atoms with Crippen LogP contribution >= 0.6 is 23.2 Å². The Hall–Kier alpha value is -1.35. The molecule has 0 N–H and O–H groups in total. The third-order valence-corrected chi connectivity index (χ3v) is 6.15. The van der Waals surface area contributed by atoms with Gasteiger partial charge in [-0.15, -0.1) is 0 Å². The third-order valence-electron chi connectivity index (χ3n) is 2.90. The van der Waals surface area contributed by atoms with Crippen LogP contribution in [-0.4, -0.2) is 30.1 Å². The standard InChI is InChI=1S/C13H15Cl2NO6S/c1-8(17)22-16(12(18)19,13(2,3)4)23(20,21)11-9(14)6-5-7-10(11)15/h5-7H,1-4H3. The molecular formula is C13H15Cl2NO6S. The Labute approximate surface area is 144 Å². The third kappa shape index (κ3) is 3.16. The number of amides is 1. The summed E-state index contributed by atoms with van der Waals surface area (Å²) < 4.78 is 23.9. The van der Waals surface area contributed by atoms with Crippen LogP contribution in [0.4, 0.5) is 4.79 Å². The monoisotopic (exact) mass is 383 g/mol. The topological polar surface area (TPSA) is 101 Å². The predicted octanol–water partition coefficient (Wildman–Crippen LogP) is 2.12. The molecule has 0 aromatic heterocycles. The van der Waals surface area contributed by atoms with Crippen molar-refractivity contribution >= 4 is 45.3 Å². The van der Waals surface area contributed by atoms with Gasteiger partial charge < -0.3 is 9.90 Å². The molecule has 0 aliphatic rings. The van der Waals surface area contributed by atoms with Gasteiger partial charge in [-0.05, 0) is 32.9 Å². The molecule has 1 unspecified atom stereocenters. The molecule has 1 aromatic carbocycles. The van der Waals surface area contributed by atoms with E-state index in [1.165, 1.54) is 39.0 Å². The van der Waals surface area contributed by atoms with Crippen molar-refractivity contribution in [2.75, 3.05) is 0 Å². The molecule has 10 heteroatoms. The second-order valence-electron chi connectivity index (χ2n) is 5.60. The van der Waals surface area contributed by atoms with E-state index < -0.39 is 36.6 Å². The fraction of sp³-hybridized carbons (Fsp3) is 0.385. The first-order valence-electron chi connectivity index (χ1n) is 6.29. The van der Waals surface area contributed by atoms with E-state index in [4.69, 9.17) is 28.0 Å². The number of carboxylic acid groups (broad SMARTS) is 1. The molecule has 1 aromatic rings. The minimum atomic E-state index is -4.91. The highest BCUT2D eigenvalue weighted by Gasteiger charge is 2.60. The summed E-state index contributed by atoms with van der Waals surface area (Å²) in [6, 6.07) is 3.84. The van der Waals surface area contributed by atoms with Crippen LogP contribution in [0.3, 0.4) is 0 Å². The maximum absolute atomic E-state index is 13.0. The summed E-state index contributed by atoms with van der Waals surface area (Å²) >= 11 is 11.8. The van der Waals surface area contributed by atoms with Crippen LogP contribution in [0.2, 0.25) is 10.0 Å². The molecule has 0 radical (unpaired) electrons. The summed E-state index contributed by atoms with van der Waals surface area (Å²) in [6.45, 7) is 4.65. The fourth-order valence-electron chi connectivity index (χ4n) is 1.99. The van der Waals surface area contributed by atoms with E-state index >= 15 is 0 Å². The van der Waals surface area contributed by atoms with Crippen LogP contribution in [0.5, 0.6) is 0 Å². The van der Waals surface area contributed by atoms with Crippen molar-refractivity contribution in [2.24, 2.45) is 0 Å². The van der Waals surface area contributed by atoms with E-state index in [9.17, 15) is 23.1 Å². The number of hydrogen-bond acceptors (Lipinski definition) is 6. The summed E-state index contributed by atoms with van der Waals surface area (Å²) in [5.74, 6) is -1.13. The average Bonchev–Trinajstić information content (AvgIpc) is 2.32. The van der Waals surface area contributed by atoms with Gasteiger partial charge in [-0.25, -0.2) is 4.79 Å². The normalized spacial score (nSPS) is 14.9. The summed E-state index contributed by atoms with van der Waals surface area (Å²) in [5, 5.41) is 11.1. The van der Waals surface area contributed by atoms with E-state index in [0.29, 0.717) is 0 Å². The number of quaternary nitrogens is 1. The molecule has 7 nitrogen and oxygen atoms in total. The Balaban J connectivity index is 3.93. The molecule has 1 rings (SSSR count). The lowest BCUT2D eigenvalue weighted by molar-refractivity contribution is -0.976. The molecule has 0 fully saturated rings. The van der Waals surface area contributed by atoms with Crippen molar-refractivity contribution in [3.63, 3.8) is 0 Å². The SMILES string of the molecule is CC(=O)O[N+](C(=O)[O-])(C(C)(C)C)S(=O)(=O)c1c(Cl)cccc1Cl. The first kappa shape index (κ1) is 19.7. The van der Waals surface area contributed by atoms with Gasteiger partial charge in [0.25, 0.3) is 0 Å². The maximum Gasteiger partial charge on any atom is 0.375 e. The van der Waals surface area contributed by atoms with Gasteiger partial charge in [-0.3, -0.25) is 4.84 Å². The van der Waals surface area contributed by atoms with Gasteiger partial charge in [0.15, 0.2) is 10.4 Å². The predicted molar refractivity (Wildman–Crippen MR) is 80.8 cm³/mol. The molecule has 0 saturated carbocycles. The van der Waals surface area contributed by atoms with Gasteiger partial charge in [-0.1, -0.05) is 29.3 Å². The van der Waals surface area contributed by atoms with Gasteiger partial charge in [0, 0.05) is 11.0 Å². The van der Waals surface area contributed by atoms with Crippen molar-refractivity contribution in [1.82, 2.24) is 0 Å². The van der Waals surface area contributed by atoms with E-state index in [-0.39, 0.29) is 10.0 Å². The van der Waals surface area contributed by atoms with E-state index in [1.54, 1.807) is 0 Å². The Morgan fingerprint density at radius 3 is 1.91 bits per heavy atom. The molecule has 0 aliphatic heterocycles. The van der Waals surface area contributed by atoms with E-state index in [2.05, 4.69) is 0 Å². The molecule has 23 heavy (non-hydrogen) atoms. The van der Waals surface area contributed by atoms with Gasteiger partial charge in [-0.2, -0.15) is 8.42 Å². The molecule has 0 spiro atoms. The van der Waals surface area contributed by atoms with Crippen LogP contribution < -0.4 is 5.11 Å². The highest BCUT2D eigenvalue weighted by Crippen LogP contribution is 2.40. The molecule has 1 atom stereocenters. The van der Waals surface area contributed by atoms with E-state index in [0.717, 1.165) is 6.92 Å². The minimum absolute atomic E-state index is 0.308. The number of carbonyl (C=O) groups excluding carboxylic acids is 2. The second-order valence-corrected chi connectivity index (χ2v) is 8.28. The number of sulfonamides is 1. The second kappa shape index (κ2) is 6.27. The molecule has 128 valence electrons. The lowest BCUT2D eigenvalue weighted by Crippen LogP contribution is -2.70. The molecule has 1 amide bonds. The molecule has 0 bridgehead atoms. The Morgan fingerprint density at radius 1 is 1.17 bits per heavy atom. The molecule has 0 aliphatic carbocycles. The zero-order valence-electron chi connectivity index (χ0n) is 12.8. The molecule has 0 saturated heterocycles. The van der Waals surface area contributed by atoms with Crippen molar-refractivity contribution < 1.29 is 32.0 Å². The van der Waals surface area contributed by atoms with E-state index in [1.807, 2.05) is 0 Å². The van der Waals surface area contributed by atoms with Crippen LogP contribution in [0.1, 0.15) is 27.7 Å². The summed E-state index contributed by atoms with van der Waals surface area (Å²) in [4.78, 5) is 27.2. The first-order valence-corrected chi connectivity index (χ1v) is 8.48. The summed E-state index contributed by atoms with van der Waals surface area (Å²) in [5.41, 5.74) is -1.63. The number of benzene rings is 1. The number of rotatable bonds is 2. The minimum Gasteiger partial charge on any atom is -0.494 e. The van der Waals surface area contributed by atoms with Crippen molar-refractivity contribution in [3.8, 4) is 0 Å². The Kier molecular flexibility index (Phi) is 5.37. The van der Waals surface area contributed by atoms with Gasteiger partial charge >= 0.3 is 22.1 Å². The number of hydrogen-bond donors (Lipinski definition) is 0. The zero-order chi connectivity index (χ0) is 18.2. The van der Waals surface area contributed by atoms with Gasteiger partial charge in [0.1, 0.15) is 0 Å².